The third-order valence-electron chi connectivity index (χ3n) is 2.09. The van der Waals surface area contributed by atoms with Crippen LogP contribution in [0.25, 0.3) is 0 Å². The predicted octanol–water partition coefficient (Wildman–Crippen LogP) is 1.25. The maximum atomic E-state index is 11.1. The van der Waals surface area contributed by atoms with Crippen LogP contribution in [-0.4, -0.2) is 29.6 Å². The number of amides is 2. The average molecular weight is 229 g/mol. The Morgan fingerprint density at radius 2 is 1.88 bits per heavy atom. The molecule has 1 heterocycles. The van der Waals surface area contributed by atoms with Crippen molar-refractivity contribution >= 4 is 18.0 Å². The van der Waals surface area contributed by atoms with Crippen LogP contribution in [0.15, 0.2) is 0 Å². The molecule has 6 nitrogen and oxygen atoms in total. The summed E-state index contributed by atoms with van der Waals surface area (Å²) in [6.45, 7) is 4.19. The van der Waals surface area contributed by atoms with Crippen LogP contribution in [0.1, 0.15) is 33.1 Å². The standard InChI is InChI=1S/C10H15NO5/c1-7(2)5-6-15-10(14)16-11-8(12)3-4-9(11)13/h7H,3-6H2,1-2H3. The van der Waals surface area contributed by atoms with Crippen molar-refractivity contribution in [3.05, 3.63) is 0 Å². The number of hydrogen-bond acceptors (Lipinski definition) is 5. The zero-order valence-corrected chi connectivity index (χ0v) is 9.39. The molecule has 16 heavy (non-hydrogen) atoms. The van der Waals surface area contributed by atoms with E-state index in [1.165, 1.54) is 0 Å². The van der Waals surface area contributed by atoms with Crippen LogP contribution in [0.5, 0.6) is 0 Å². The molecule has 6 heteroatoms. The summed E-state index contributed by atoms with van der Waals surface area (Å²) in [4.78, 5) is 37.7. The number of hydroxylamine groups is 2. The van der Waals surface area contributed by atoms with Gasteiger partial charge in [0.05, 0.1) is 6.61 Å². The molecule has 90 valence electrons. The van der Waals surface area contributed by atoms with Gasteiger partial charge in [-0.1, -0.05) is 18.9 Å². The second-order valence-electron chi connectivity index (χ2n) is 3.95. The highest BCUT2D eigenvalue weighted by Gasteiger charge is 2.33. The minimum Gasteiger partial charge on any atom is -0.433 e. The normalized spacial score (nSPS) is 15.8. The minimum atomic E-state index is -1.01. The van der Waals surface area contributed by atoms with Gasteiger partial charge in [-0.25, -0.2) is 4.79 Å². The van der Waals surface area contributed by atoms with Crippen molar-refractivity contribution < 1.29 is 24.0 Å². The number of ether oxygens (including phenoxy) is 1. The number of hydrogen-bond donors (Lipinski definition) is 0. The van der Waals surface area contributed by atoms with Crippen molar-refractivity contribution in [3.63, 3.8) is 0 Å². The van der Waals surface area contributed by atoms with E-state index in [0.717, 1.165) is 0 Å². The summed E-state index contributed by atoms with van der Waals surface area (Å²) in [6.07, 6.45) is -0.142. The zero-order valence-electron chi connectivity index (χ0n) is 9.39. The van der Waals surface area contributed by atoms with Gasteiger partial charge in [0.2, 0.25) is 0 Å². The molecule has 0 aromatic rings. The molecule has 0 aromatic heterocycles. The molecule has 0 aliphatic carbocycles. The molecular weight excluding hydrogens is 214 g/mol. The molecule has 1 aliphatic rings. The number of carbonyl (C=O) groups excluding carboxylic acids is 3. The van der Waals surface area contributed by atoms with Gasteiger partial charge >= 0.3 is 6.16 Å². The van der Waals surface area contributed by atoms with Crippen LogP contribution >= 0.6 is 0 Å². The molecule has 0 saturated carbocycles. The largest absolute Gasteiger partial charge is 0.533 e. The topological polar surface area (TPSA) is 72.9 Å². The quantitative estimate of drug-likeness (QED) is 0.535. The SMILES string of the molecule is CC(C)CCOC(=O)ON1C(=O)CCC1=O. The Hall–Kier alpha value is -1.59. The first-order valence-electron chi connectivity index (χ1n) is 5.21. The number of carbonyl (C=O) groups is 3. The average Bonchev–Trinajstić information content (AvgIpc) is 2.49. The van der Waals surface area contributed by atoms with E-state index < -0.39 is 18.0 Å². The molecule has 1 rings (SSSR count). The Morgan fingerprint density at radius 3 is 2.38 bits per heavy atom. The lowest BCUT2D eigenvalue weighted by Crippen LogP contribution is -2.32. The Balaban J connectivity index is 2.28. The first kappa shape index (κ1) is 12.5. The molecule has 0 unspecified atom stereocenters. The van der Waals surface area contributed by atoms with Crippen LogP contribution in [-0.2, 0) is 19.2 Å². The highest BCUT2D eigenvalue weighted by molar-refractivity contribution is 6.01. The van der Waals surface area contributed by atoms with E-state index in [1.807, 2.05) is 13.8 Å². The van der Waals surface area contributed by atoms with E-state index in [1.54, 1.807) is 0 Å². The van der Waals surface area contributed by atoms with Crippen molar-refractivity contribution in [3.8, 4) is 0 Å². The molecular formula is C10H15NO5. The minimum absolute atomic E-state index is 0.0815. The van der Waals surface area contributed by atoms with Crippen LogP contribution in [0.3, 0.4) is 0 Å². The molecule has 0 atom stereocenters. The first-order valence-corrected chi connectivity index (χ1v) is 5.21. The molecule has 1 aliphatic heterocycles. The zero-order chi connectivity index (χ0) is 12.1. The lowest BCUT2D eigenvalue weighted by molar-refractivity contribution is -0.177. The Bertz CT molecular complexity index is 284. The van der Waals surface area contributed by atoms with E-state index >= 15 is 0 Å². The van der Waals surface area contributed by atoms with Gasteiger partial charge in [-0.3, -0.25) is 14.4 Å². The van der Waals surface area contributed by atoms with Crippen molar-refractivity contribution in [2.24, 2.45) is 5.92 Å². The number of imide groups is 1. The molecule has 2 amide bonds. The second-order valence-corrected chi connectivity index (χ2v) is 3.95. The van der Waals surface area contributed by atoms with Gasteiger partial charge in [0.25, 0.3) is 11.8 Å². The summed E-state index contributed by atoms with van der Waals surface area (Å²) in [5.41, 5.74) is 0. The summed E-state index contributed by atoms with van der Waals surface area (Å²) < 4.78 is 4.70. The molecule has 1 fully saturated rings. The van der Waals surface area contributed by atoms with Crippen LogP contribution < -0.4 is 0 Å². The summed E-state index contributed by atoms with van der Waals surface area (Å²) in [5.74, 6) is -0.612. The van der Waals surface area contributed by atoms with Crippen molar-refractivity contribution in [2.45, 2.75) is 33.1 Å². The highest BCUT2D eigenvalue weighted by Crippen LogP contribution is 2.12. The van der Waals surface area contributed by atoms with Gasteiger partial charge in [0, 0.05) is 12.8 Å². The fourth-order valence-electron chi connectivity index (χ4n) is 1.14. The predicted molar refractivity (Wildman–Crippen MR) is 53.0 cm³/mol. The summed E-state index contributed by atoms with van der Waals surface area (Å²) in [7, 11) is 0. The van der Waals surface area contributed by atoms with Crippen LogP contribution in [0.4, 0.5) is 4.79 Å². The Kier molecular flexibility index (Phi) is 4.28. The monoisotopic (exact) mass is 229 g/mol. The van der Waals surface area contributed by atoms with E-state index in [-0.39, 0.29) is 19.4 Å². The molecule has 0 N–H and O–H groups in total. The second kappa shape index (κ2) is 5.48. The van der Waals surface area contributed by atoms with Crippen molar-refractivity contribution in [1.29, 1.82) is 0 Å². The van der Waals surface area contributed by atoms with E-state index in [4.69, 9.17) is 4.74 Å². The Morgan fingerprint density at radius 1 is 1.31 bits per heavy atom. The summed E-state index contributed by atoms with van der Waals surface area (Å²) in [6, 6.07) is 0. The molecule has 0 radical (unpaired) electrons. The van der Waals surface area contributed by atoms with Gasteiger partial charge in [-0.2, -0.15) is 0 Å². The molecule has 1 saturated heterocycles. The summed E-state index contributed by atoms with van der Waals surface area (Å²) >= 11 is 0. The van der Waals surface area contributed by atoms with E-state index in [0.29, 0.717) is 17.4 Å². The third kappa shape index (κ3) is 3.52. The van der Waals surface area contributed by atoms with Gasteiger partial charge in [-0.15, -0.1) is 0 Å². The van der Waals surface area contributed by atoms with Gasteiger partial charge in [0.1, 0.15) is 0 Å². The maximum Gasteiger partial charge on any atom is 0.533 e. The number of nitrogens with zero attached hydrogens (tertiary/aromatic N) is 1. The first-order chi connectivity index (χ1) is 7.50. The van der Waals surface area contributed by atoms with Gasteiger partial charge < -0.3 is 4.74 Å². The fraction of sp³-hybridized carbons (Fsp3) is 0.700. The maximum absolute atomic E-state index is 11.1. The molecule has 0 bridgehead atoms. The molecule has 0 aromatic carbocycles. The number of rotatable bonds is 4. The highest BCUT2D eigenvalue weighted by atomic mass is 16.8. The van der Waals surface area contributed by atoms with Crippen LogP contribution in [0.2, 0.25) is 0 Å². The lowest BCUT2D eigenvalue weighted by Gasteiger charge is -2.12. The third-order valence-corrected chi connectivity index (χ3v) is 2.09. The summed E-state index contributed by atoms with van der Waals surface area (Å²) in [5, 5.41) is 0.470. The smallest absolute Gasteiger partial charge is 0.433 e. The van der Waals surface area contributed by atoms with E-state index in [9.17, 15) is 14.4 Å². The fourth-order valence-corrected chi connectivity index (χ4v) is 1.14. The van der Waals surface area contributed by atoms with Crippen molar-refractivity contribution in [2.75, 3.05) is 6.61 Å². The van der Waals surface area contributed by atoms with E-state index in [2.05, 4.69) is 4.84 Å². The van der Waals surface area contributed by atoms with Crippen molar-refractivity contribution in [1.82, 2.24) is 5.06 Å². The van der Waals surface area contributed by atoms with Crippen LogP contribution in [0, 0.1) is 5.92 Å². The lowest BCUT2D eigenvalue weighted by atomic mass is 10.1. The molecule has 0 spiro atoms. The van der Waals surface area contributed by atoms with Gasteiger partial charge in [0.15, 0.2) is 0 Å². The Labute approximate surface area is 93.4 Å². The van der Waals surface area contributed by atoms with Gasteiger partial charge in [-0.05, 0) is 12.3 Å².